The Kier molecular flexibility index (Phi) is 6.73. The number of sulfone groups is 1. The maximum Gasteiger partial charge on any atom is 0.254 e. The predicted molar refractivity (Wildman–Crippen MR) is 120 cm³/mol. The quantitative estimate of drug-likeness (QED) is 0.378. The van der Waals surface area contributed by atoms with Crippen LogP contribution in [0.25, 0.3) is 0 Å². The zero-order valence-corrected chi connectivity index (χ0v) is 18.0. The lowest BCUT2D eigenvalue weighted by molar-refractivity contribution is 0.100. The van der Waals surface area contributed by atoms with Crippen molar-refractivity contribution in [3.63, 3.8) is 0 Å². The lowest BCUT2D eigenvalue weighted by atomic mass is 10.2. The number of benzene rings is 2. The van der Waals surface area contributed by atoms with Crippen LogP contribution in [-0.4, -0.2) is 43.5 Å². The van der Waals surface area contributed by atoms with Crippen LogP contribution in [0, 0.1) is 5.82 Å². The fraction of sp³-hybridized carbons (Fsp3) is 0.150. The van der Waals surface area contributed by atoms with E-state index in [1.54, 1.807) is 24.3 Å². The molecule has 0 saturated heterocycles. The van der Waals surface area contributed by atoms with E-state index >= 15 is 0 Å². The summed E-state index contributed by atoms with van der Waals surface area (Å²) in [5.41, 5.74) is 6.39. The maximum atomic E-state index is 14.2. The number of hydrogen-bond acceptors (Lipinski definition) is 9. The molecule has 0 bridgehead atoms. The van der Waals surface area contributed by atoms with E-state index in [4.69, 9.17) is 10.5 Å². The first-order chi connectivity index (χ1) is 15.2. The van der Waals surface area contributed by atoms with Gasteiger partial charge in [-0.05, 0) is 24.3 Å². The second kappa shape index (κ2) is 9.47. The van der Waals surface area contributed by atoms with Crippen LogP contribution in [0.4, 0.5) is 33.2 Å². The monoisotopic (exact) mass is 460 g/mol. The Hall–Kier alpha value is -3.93. The van der Waals surface area contributed by atoms with Gasteiger partial charge in [0.2, 0.25) is 5.95 Å². The Morgan fingerprint density at radius 1 is 1.12 bits per heavy atom. The van der Waals surface area contributed by atoms with Crippen LogP contribution in [0.1, 0.15) is 10.4 Å². The molecule has 0 aliphatic carbocycles. The molecule has 0 fully saturated rings. The molecule has 32 heavy (non-hydrogen) atoms. The molecule has 0 atom stereocenters. The summed E-state index contributed by atoms with van der Waals surface area (Å²) in [5.74, 6) is -1.17. The first kappa shape index (κ1) is 22.7. The van der Waals surface area contributed by atoms with Crippen LogP contribution in [0.15, 0.2) is 48.7 Å². The number of primary amides is 1. The van der Waals surface area contributed by atoms with Crippen molar-refractivity contribution >= 4 is 44.6 Å². The Labute approximate surface area is 184 Å². The minimum atomic E-state index is -3.28. The van der Waals surface area contributed by atoms with Crippen LogP contribution in [0.2, 0.25) is 0 Å². The number of methoxy groups -OCH3 is 1. The largest absolute Gasteiger partial charge is 0.497 e. The van der Waals surface area contributed by atoms with E-state index in [2.05, 4.69) is 25.9 Å². The fourth-order valence-electron chi connectivity index (χ4n) is 2.65. The summed E-state index contributed by atoms with van der Waals surface area (Å²) >= 11 is 0. The van der Waals surface area contributed by atoms with Crippen molar-refractivity contribution in [3.8, 4) is 5.75 Å². The van der Waals surface area contributed by atoms with Gasteiger partial charge in [0.1, 0.15) is 28.8 Å². The van der Waals surface area contributed by atoms with E-state index in [1.807, 2.05) is 0 Å². The molecule has 12 heteroatoms. The van der Waals surface area contributed by atoms with Crippen molar-refractivity contribution in [2.45, 2.75) is 0 Å². The molecule has 168 valence electrons. The number of rotatable bonds is 9. The van der Waals surface area contributed by atoms with Gasteiger partial charge in [-0.1, -0.05) is 12.1 Å². The molecule has 0 radical (unpaired) electrons. The number of nitrogens with one attached hydrogen (secondary N) is 3. The Morgan fingerprint density at radius 2 is 1.84 bits per heavy atom. The molecule has 3 aromatic rings. The molecular formula is C20H21FN6O4S. The molecule has 0 saturated carbocycles. The van der Waals surface area contributed by atoms with Gasteiger partial charge in [-0.3, -0.25) is 4.79 Å². The zero-order valence-electron chi connectivity index (χ0n) is 17.2. The minimum absolute atomic E-state index is 0.00812. The predicted octanol–water partition coefficient (Wildman–Crippen LogP) is 2.62. The molecule has 0 unspecified atom stereocenters. The number of ether oxygens (including phenoxy) is 1. The van der Waals surface area contributed by atoms with Gasteiger partial charge < -0.3 is 26.4 Å². The minimum Gasteiger partial charge on any atom is -0.497 e. The summed E-state index contributed by atoms with van der Waals surface area (Å²) in [6.07, 6.45) is 2.30. The molecule has 10 nitrogen and oxygen atoms in total. The standard InChI is InChI=1S/C20H21FN6O4S/c1-31-12-7-8-14(21)17(9-12)26-20-23-10-13(18(22)28)19(27-20)25-16-6-4-3-5-15(16)24-11-32(2,29)30/h3-10,24H,11H2,1-2H3,(H2,22,28)(H2,23,25,26,27). The third-order valence-electron chi connectivity index (χ3n) is 4.18. The van der Waals surface area contributed by atoms with Crippen LogP contribution in [0.3, 0.4) is 0 Å². The fourth-order valence-corrected chi connectivity index (χ4v) is 3.07. The SMILES string of the molecule is COc1ccc(F)c(Nc2ncc(C(N)=O)c(Nc3ccccc3NCS(C)(=O)=O)n2)c1. The second-order valence-corrected chi connectivity index (χ2v) is 8.85. The molecule has 0 aliphatic heterocycles. The first-order valence-corrected chi connectivity index (χ1v) is 11.3. The maximum absolute atomic E-state index is 14.2. The number of hydrogen-bond donors (Lipinski definition) is 4. The third-order valence-corrected chi connectivity index (χ3v) is 4.85. The van der Waals surface area contributed by atoms with Crippen LogP contribution < -0.4 is 26.4 Å². The third kappa shape index (κ3) is 5.82. The lowest BCUT2D eigenvalue weighted by Gasteiger charge is -2.15. The van der Waals surface area contributed by atoms with E-state index in [1.165, 1.54) is 31.5 Å². The molecule has 1 heterocycles. The van der Waals surface area contributed by atoms with E-state index < -0.39 is 21.6 Å². The Bertz CT molecular complexity index is 1250. The summed E-state index contributed by atoms with van der Waals surface area (Å²) in [7, 11) is -1.83. The van der Waals surface area contributed by atoms with Gasteiger partial charge in [-0.2, -0.15) is 4.98 Å². The summed E-state index contributed by atoms with van der Waals surface area (Å²) in [6.45, 7) is 0. The van der Waals surface area contributed by atoms with E-state index in [0.717, 1.165) is 6.26 Å². The normalized spacial score (nSPS) is 11.0. The van der Waals surface area contributed by atoms with Crippen molar-refractivity contribution in [1.29, 1.82) is 0 Å². The highest BCUT2D eigenvalue weighted by Gasteiger charge is 2.15. The van der Waals surface area contributed by atoms with Gasteiger partial charge in [-0.25, -0.2) is 17.8 Å². The number of nitrogens with two attached hydrogens (primary N) is 1. The van der Waals surface area contributed by atoms with E-state index in [-0.39, 0.29) is 28.9 Å². The topological polar surface area (TPSA) is 148 Å². The van der Waals surface area contributed by atoms with E-state index in [9.17, 15) is 17.6 Å². The van der Waals surface area contributed by atoms with Crippen molar-refractivity contribution < 1.29 is 22.3 Å². The smallest absolute Gasteiger partial charge is 0.254 e. The van der Waals surface area contributed by atoms with Crippen LogP contribution in [-0.2, 0) is 9.84 Å². The molecule has 3 rings (SSSR count). The van der Waals surface area contributed by atoms with Gasteiger partial charge >= 0.3 is 0 Å². The summed E-state index contributed by atoms with van der Waals surface area (Å²) in [6, 6.07) is 10.9. The summed E-state index contributed by atoms with van der Waals surface area (Å²) in [4.78, 5) is 20.1. The van der Waals surface area contributed by atoms with Gasteiger partial charge in [0.05, 0.1) is 24.2 Å². The van der Waals surface area contributed by atoms with Gasteiger partial charge in [-0.15, -0.1) is 0 Å². The Morgan fingerprint density at radius 3 is 2.50 bits per heavy atom. The molecule has 0 aliphatic rings. The van der Waals surface area contributed by atoms with Crippen molar-refractivity contribution in [3.05, 3.63) is 60.0 Å². The molecule has 1 amide bonds. The average Bonchev–Trinajstić information content (AvgIpc) is 2.74. The van der Waals surface area contributed by atoms with Crippen LogP contribution in [0.5, 0.6) is 5.75 Å². The van der Waals surface area contributed by atoms with Gasteiger partial charge in [0, 0.05) is 18.5 Å². The number of carbonyl (C=O) groups is 1. The average molecular weight is 460 g/mol. The molecule has 5 N–H and O–H groups in total. The van der Waals surface area contributed by atoms with Crippen LogP contribution >= 0.6 is 0 Å². The summed E-state index contributed by atoms with van der Waals surface area (Å²) < 4.78 is 42.2. The first-order valence-electron chi connectivity index (χ1n) is 9.21. The number of aromatic nitrogens is 2. The number of halogens is 1. The van der Waals surface area contributed by atoms with Crippen molar-refractivity contribution in [1.82, 2.24) is 9.97 Å². The number of nitrogens with zero attached hydrogens (tertiary/aromatic N) is 2. The lowest BCUT2D eigenvalue weighted by Crippen LogP contribution is -2.17. The number of para-hydroxylation sites is 2. The summed E-state index contributed by atoms with van der Waals surface area (Å²) in [5, 5.41) is 8.50. The second-order valence-electron chi connectivity index (χ2n) is 6.71. The highest BCUT2D eigenvalue weighted by atomic mass is 32.2. The molecular weight excluding hydrogens is 439 g/mol. The molecule has 0 spiro atoms. The highest BCUT2D eigenvalue weighted by molar-refractivity contribution is 7.90. The Balaban J connectivity index is 1.94. The van der Waals surface area contributed by atoms with Crippen molar-refractivity contribution in [2.24, 2.45) is 5.73 Å². The van der Waals surface area contributed by atoms with E-state index in [0.29, 0.717) is 17.1 Å². The van der Waals surface area contributed by atoms with Gasteiger partial charge in [0.15, 0.2) is 9.84 Å². The molecule has 1 aromatic heterocycles. The highest BCUT2D eigenvalue weighted by Crippen LogP contribution is 2.28. The number of amides is 1. The number of anilines is 5. The van der Waals surface area contributed by atoms with Gasteiger partial charge in [0.25, 0.3) is 5.91 Å². The number of carbonyl (C=O) groups excluding carboxylic acids is 1. The zero-order chi connectivity index (χ0) is 23.3. The molecule has 2 aromatic carbocycles. The van der Waals surface area contributed by atoms with Crippen molar-refractivity contribution in [2.75, 3.05) is 35.2 Å².